The van der Waals surface area contributed by atoms with Crippen LogP contribution in [0.4, 0.5) is 20.6 Å². The van der Waals surface area contributed by atoms with Crippen molar-refractivity contribution in [3.05, 3.63) is 57.8 Å². The van der Waals surface area contributed by atoms with Crippen molar-refractivity contribution in [3.8, 4) is 0 Å². The van der Waals surface area contributed by atoms with Gasteiger partial charge in [-0.2, -0.15) is 0 Å². The number of anilines is 2. The Hall–Kier alpha value is -1.88. The summed E-state index contributed by atoms with van der Waals surface area (Å²) < 4.78 is 13.8. The molecule has 2 N–H and O–H groups in total. The van der Waals surface area contributed by atoms with Crippen LogP contribution in [-0.2, 0) is 0 Å². The van der Waals surface area contributed by atoms with Gasteiger partial charge in [0.1, 0.15) is 5.82 Å². The highest BCUT2D eigenvalue weighted by molar-refractivity contribution is 9.10. The minimum atomic E-state index is -0.416. The van der Waals surface area contributed by atoms with E-state index in [1.54, 1.807) is 13.0 Å². The Bertz CT molecular complexity index is 641. The SMILES string of the molecule is Cc1ccc(NC(=O)Nc2cc(F)c(Br)cc2C)cc1. The summed E-state index contributed by atoms with van der Waals surface area (Å²) >= 11 is 3.10. The monoisotopic (exact) mass is 336 g/mol. The normalized spacial score (nSPS) is 10.2. The minimum Gasteiger partial charge on any atom is -0.308 e. The number of hydrogen-bond donors (Lipinski definition) is 2. The van der Waals surface area contributed by atoms with Crippen molar-refractivity contribution in [1.82, 2.24) is 0 Å². The van der Waals surface area contributed by atoms with Crippen LogP contribution in [-0.4, -0.2) is 6.03 Å². The summed E-state index contributed by atoms with van der Waals surface area (Å²) in [4.78, 5) is 11.9. The Labute approximate surface area is 125 Å². The van der Waals surface area contributed by atoms with E-state index in [9.17, 15) is 9.18 Å². The molecule has 2 aromatic carbocycles. The van der Waals surface area contributed by atoms with Gasteiger partial charge in [-0.3, -0.25) is 0 Å². The molecule has 0 spiro atoms. The number of aryl methyl sites for hydroxylation is 2. The summed E-state index contributed by atoms with van der Waals surface area (Å²) in [6, 6.07) is 9.93. The Morgan fingerprint density at radius 1 is 1.10 bits per heavy atom. The van der Waals surface area contributed by atoms with Gasteiger partial charge < -0.3 is 10.6 Å². The molecule has 0 unspecified atom stereocenters. The highest BCUT2D eigenvalue weighted by atomic mass is 79.9. The third kappa shape index (κ3) is 3.57. The van der Waals surface area contributed by atoms with Gasteiger partial charge in [-0.25, -0.2) is 9.18 Å². The molecule has 0 saturated heterocycles. The molecular formula is C15H14BrFN2O. The molecule has 0 bridgehead atoms. The zero-order valence-corrected chi connectivity index (χ0v) is 12.7. The average molecular weight is 337 g/mol. The van der Waals surface area contributed by atoms with E-state index in [1.807, 2.05) is 31.2 Å². The van der Waals surface area contributed by atoms with Crippen molar-refractivity contribution in [1.29, 1.82) is 0 Å². The van der Waals surface area contributed by atoms with Crippen LogP contribution in [0.1, 0.15) is 11.1 Å². The van der Waals surface area contributed by atoms with Crippen molar-refractivity contribution in [2.45, 2.75) is 13.8 Å². The number of nitrogens with one attached hydrogen (secondary N) is 2. The van der Waals surface area contributed by atoms with Crippen LogP contribution in [0.25, 0.3) is 0 Å². The maximum atomic E-state index is 13.5. The Morgan fingerprint density at radius 2 is 1.75 bits per heavy atom. The number of carbonyl (C=O) groups is 1. The van der Waals surface area contributed by atoms with Gasteiger partial charge in [0.05, 0.1) is 4.47 Å². The number of carbonyl (C=O) groups excluding carboxylic acids is 1. The van der Waals surface area contributed by atoms with E-state index in [0.717, 1.165) is 11.1 Å². The van der Waals surface area contributed by atoms with Gasteiger partial charge in [0.15, 0.2) is 0 Å². The topological polar surface area (TPSA) is 41.1 Å². The number of hydrogen-bond acceptors (Lipinski definition) is 1. The first-order valence-corrected chi connectivity index (χ1v) is 6.85. The second-order valence-electron chi connectivity index (χ2n) is 4.53. The average Bonchev–Trinajstić information content (AvgIpc) is 2.39. The van der Waals surface area contributed by atoms with Gasteiger partial charge in [0.2, 0.25) is 0 Å². The highest BCUT2D eigenvalue weighted by Crippen LogP contribution is 2.24. The van der Waals surface area contributed by atoms with E-state index in [0.29, 0.717) is 15.8 Å². The Balaban J connectivity index is 2.08. The third-order valence-electron chi connectivity index (χ3n) is 2.82. The minimum absolute atomic E-state index is 0.375. The van der Waals surface area contributed by atoms with E-state index in [-0.39, 0.29) is 0 Å². The number of halogens is 2. The van der Waals surface area contributed by atoms with Crippen LogP contribution in [0.3, 0.4) is 0 Å². The fourth-order valence-corrected chi connectivity index (χ4v) is 2.16. The Kier molecular flexibility index (Phi) is 4.39. The molecule has 0 aliphatic heterocycles. The van der Waals surface area contributed by atoms with Crippen LogP contribution < -0.4 is 10.6 Å². The summed E-state index contributed by atoms with van der Waals surface area (Å²) in [7, 11) is 0. The van der Waals surface area contributed by atoms with E-state index in [4.69, 9.17) is 0 Å². The summed E-state index contributed by atoms with van der Waals surface area (Å²) in [6.45, 7) is 3.77. The predicted molar refractivity (Wildman–Crippen MR) is 82.7 cm³/mol. The molecule has 2 aromatic rings. The van der Waals surface area contributed by atoms with E-state index in [2.05, 4.69) is 26.6 Å². The van der Waals surface area contributed by atoms with E-state index < -0.39 is 11.8 Å². The molecule has 0 fully saturated rings. The molecule has 2 amide bonds. The predicted octanol–water partition coefficient (Wildman–Crippen LogP) is 4.85. The lowest BCUT2D eigenvalue weighted by Gasteiger charge is -2.11. The quantitative estimate of drug-likeness (QED) is 0.808. The molecule has 5 heteroatoms. The van der Waals surface area contributed by atoms with Crippen molar-refractivity contribution in [2.75, 3.05) is 10.6 Å². The van der Waals surface area contributed by atoms with Gasteiger partial charge in [0.25, 0.3) is 0 Å². The fourth-order valence-electron chi connectivity index (χ4n) is 1.70. The largest absolute Gasteiger partial charge is 0.323 e. The maximum absolute atomic E-state index is 13.5. The number of benzene rings is 2. The zero-order valence-electron chi connectivity index (χ0n) is 11.1. The number of urea groups is 1. The molecular weight excluding hydrogens is 323 g/mol. The lowest BCUT2D eigenvalue weighted by Crippen LogP contribution is -2.20. The van der Waals surface area contributed by atoms with Crippen molar-refractivity contribution in [2.24, 2.45) is 0 Å². The van der Waals surface area contributed by atoms with Crippen LogP contribution >= 0.6 is 15.9 Å². The summed E-state index contributed by atoms with van der Waals surface area (Å²) in [5.41, 5.74) is 3.01. The van der Waals surface area contributed by atoms with E-state index in [1.165, 1.54) is 6.07 Å². The first-order valence-electron chi connectivity index (χ1n) is 6.06. The smallest absolute Gasteiger partial charge is 0.308 e. The van der Waals surface area contributed by atoms with Crippen molar-refractivity contribution in [3.63, 3.8) is 0 Å². The molecule has 0 heterocycles. The van der Waals surface area contributed by atoms with Crippen molar-refractivity contribution < 1.29 is 9.18 Å². The molecule has 2 rings (SSSR count). The molecule has 0 radical (unpaired) electrons. The van der Waals surface area contributed by atoms with E-state index >= 15 is 0 Å². The number of amides is 2. The molecule has 0 atom stereocenters. The highest BCUT2D eigenvalue weighted by Gasteiger charge is 2.08. The second-order valence-corrected chi connectivity index (χ2v) is 5.38. The van der Waals surface area contributed by atoms with Gasteiger partial charge in [0, 0.05) is 11.4 Å². The first kappa shape index (κ1) is 14.5. The van der Waals surface area contributed by atoms with Crippen LogP contribution in [0, 0.1) is 19.7 Å². The summed E-state index contributed by atoms with van der Waals surface area (Å²) in [5.74, 6) is -0.416. The Morgan fingerprint density at radius 3 is 2.40 bits per heavy atom. The summed E-state index contributed by atoms with van der Waals surface area (Å²) in [6.07, 6.45) is 0. The van der Waals surface area contributed by atoms with Gasteiger partial charge in [-0.1, -0.05) is 17.7 Å². The second kappa shape index (κ2) is 6.05. The molecule has 0 aromatic heterocycles. The van der Waals surface area contributed by atoms with Gasteiger partial charge in [-0.15, -0.1) is 0 Å². The fraction of sp³-hybridized carbons (Fsp3) is 0.133. The number of rotatable bonds is 2. The first-order chi connectivity index (χ1) is 9.45. The van der Waals surface area contributed by atoms with Crippen molar-refractivity contribution >= 4 is 33.3 Å². The standard InChI is InChI=1S/C15H14BrFN2O/c1-9-3-5-11(6-4-9)18-15(20)19-14-8-13(17)12(16)7-10(14)2/h3-8H,1-2H3,(H2,18,19,20). The molecule has 0 aliphatic carbocycles. The zero-order chi connectivity index (χ0) is 14.7. The maximum Gasteiger partial charge on any atom is 0.323 e. The lowest BCUT2D eigenvalue weighted by molar-refractivity contribution is 0.262. The molecule has 0 aliphatic rings. The van der Waals surface area contributed by atoms with Gasteiger partial charge in [-0.05, 0) is 59.6 Å². The van der Waals surface area contributed by atoms with Crippen LogP contribution in [0.5, 0.6) is 0 Å². The lowest BCUT2D eigenvalue weighted by atomic mass is 10.2. The third-order valence-corrected chi connectivity index (χ3v) is 3.43. The molecule has 20 heavy (non-hydrogen) atoms. The molecule has 3 nitrogen and oxygen atoms in total. The van der Waals surface area contributed by atoms with Crippen LogP contribution in [0.2, 0.25) is 0 Å². The molecule has 0 saturated carbocycles. The van der Waals surface area contributed by atoms with Gasteiger partial charge >= 0.3 is 6.03 Å². The molecule has 104 valence electrons. The van der Waals surface area contributed by atoms with Crippen LogP contribution in [0.15, 0.2) is 40.9 Å². The summed E-state index contributed by atoms with van der Waals surface area (Å²) in [5, 5.41) is 5.33.